The molecular weight excluding hydrogens is 242 g/mol. The predicted molar refractivity (Wildman–Crippen MR) is 87.1 cm³/mol. The van der Waals surface area contributed by atoms with Gasteiger partial charge in [0.25, 0.3) is 0 Å². The Balaban J connectivity index is 1.86. The van der Waals surface area contributed by atoms with Crippen LogP contribution >= 0.6 is 0 Å². The van der Waals surface area contributed by atoms with Crippen LogP contribution in [0.5, 0.6) is 0 Å². The highest BCUT2D eigenvalue weighted by Crippen LogP contribution is 2.30. The normalized spacial score (nSPS) is 13.6. The smallest absolute Gasteiger partial charge is 0.0411 e. The minimum Gasteiger partial charge on any atom is -0.345 e. The molecule has 2 aromatic rings. The van der Waals surface area contributed by atoms with Crippen LogP contribution in [0.25, 0.3) is 0 Å². The Kier molecular flexibility index (Phi) is 3.52. The summed E-state index contributed by atoms with van der Waals surface area (Å²) in [6.45, 7) is 4.47. The van der Waals surface area contributed by atoms with Crippen molar-refractivity contribution in [2.75, 3.05) is 11.9 Å². The van der Waals surface area contributed by atoms with E-state index in [-0.39, 0.29) is 0 Å². The third-order valence-electron chi connectivity index (χ3n) is 4.42. The topological polar surface area (TPSA) is 3.24 Å². The van der Waals surface area contributed by atoms with Crippen molar-refractivity contribution in [3.63, 3.8) is 0 Å². The molecule has 0 heterocycles. The van der Waals surface area contributed by atoms with Crippen LogP contribution in [0, 0.1) is 0 Å². The van der Waals surface area contributed by atoms with E-state index in [4.69, 9.17) is 0 Å². The fourth-order valence-electron chi connectivity index (χ4n) is 3.00. The van der Waals surface area contributed by atoms with E-state index >= 15 is 0 Å². The second kappa shape index (κ2) is 5.32. The number of aryl methyl sites for hydroxylation is 2. The lowest BCUT2D eigenvalue weighted by Crippen LogP contribution is -2.09. The van der Waals surface area contributed by atoms with E-state index < -0.39 is 0 Å². The number of fused-ring (bicyclic) bond motifs is 1. The fraction of sp³-hybridized carbons (Fsp3) is 0.368. The van der Waals surface area contributed by atoms with Gasteiger partial charge in [0.2, 0.25) is 0 Å². The minimum absolute atomic E-state index is 0.592. The molecule has 1 aliphatic rings. The number of hydrogen-bond donors (Lipinski definition) is 0. The molecule has 0 aliphatic heterocycles. The molecule has 0 aromatic heterocycles. The second-order valence-electron chi connectivity index (χ2n) is 6.11. The quantitative estimate of drug-likeness (QED) is 0.749. The monoisotopic (exact) mass is 265 g/mol. The Bertz CT molecular complexity index is 596. The van der Waals surface area contributed by atoms with Gasteiger partial charge in [0.15, 0.2) is 0 Å². The highest BCUT2D eigenvalue weighted by Gasteiger charge is 2.13. The maximum absolute atomic E-state index is 2.36. The molecule has 0 spiro atoms. The molecule has 1 heteroatoms. The van der Waals surface area contributed by atoms with Crippen molar-refractivity contribution in [2.45, 2.75) is 39.0 Å². The van der Waals surface area contributed by atoms with Crippen molar-refractivity contribution in [2.24, 2.45) is 0 Å². The van der Waals surface area contributed by atoms with Gasteiger partial charge in [-0.25, -0.2) is 0 Å². The van der Waals surface area contributed by atoms with Crippen molar-refractivity contribution in [3.8, 4) is 0 Å². The van der Waals surface area contributed by atoms with Crippen LogP contribution in [0.4, 0.5) is 11.4 Å². The Morgan fingerprint density at radius 1 is 0.850 bits per heavy atom. The summed E-state index contributed by atoms with van der Waals surface area (Å²) in [6, 6.07) is 15.8. The van der Waals surface area contributed by atoms with Gasteiger partial charge in [-0.05, 0) is 66.1 Å². The lowest BCUT2D eigenvalue weighted by molar-refractivity contribution is 0.866. The van der Waals surface area contributed by atoms with Gasteiger partial charge >= 0.3 is 0 Å². The maximum Gasteiger partial charge on any atom is 0.0411 e. The van der Waals surface area contributed by atoms with Gasteiger partial charge < -0.3 is 4.90 Å². The summed E-state index contributed by atoms with van der Waals surface area (Å²) >= 11 is 0. The zero-order valence-electron chi connectivity index (χ0n) is 12.7. The molecule has 0 N–H and O–H groups in total. The number of rotatable bonds is 3. The molecule has 20 heavy (non-hydrogen) atoms. The van der Waals surface area contributed by atoms with E-state index in [1.807, 2.05) is 0 Å². The maximum atomic E-state index is 2.36. The van der Waals surface area contributed by atoms with Crippen molar-refractivity contribution < 1.29 is 0 Å². The van der Waals surface area contributed by atoms with Crippen molar-refractivity contribution in [3.05, 3.63) is 59.2 Å². The van der Waals surface area contributed by atoms with Gasteiger partial charge in [-0.2, -0.15) is 0 Å². The number of anilines is 2. The Morgan fingerprint density at radius 2 is 1.50 bits per heavy atom. The largest absolute Gasteiger partial charge is 0.345 e. The van der Waals surface area contributed by atoms with Crippen LogP contribution in [0.3, 0.4) is 0 Å². The molecule has 3 rings (SSSR count). The second-order valence-corrected chi connectivity index (χ2v) is 6.11. The van der Waals surface area contributed by atoms with Crippen LogP contribution in [-0.2, 0) is 12.8 Å². The molecule has 0 fully saturated rings. The van der Waals surface area contributed by atoms with Crippen molar-refractivity contribution >= 4 is 11.4 Å². The van der Waals surface area contributed by atoms with Crippen LogP contribution in [0.15, 0.2) is 42.5 Å². The molecular formula is C19H23N. The highest BCUT2D eigenvalue weighted by atomic mass is 15.1. The highest BCUT2D eigenvalue weighted by molar-refractivity contribution is 5.64. The predicted octanol–water partition coefficient (Wildman–Crippen LogP) is 5.07. The molecule has 0 unspecified atom stereocenters. The summed E-state index contributed by atoms with van der Waals surface area (Å²) in [5.74, 6) is 0.592. The van der Waals surface area contributed by atoms with Gasteiger partial charge in [-0.1, -0.05) is 32.0 Å². The lowest BCUT2D eigenvalue weighted by Gasteiger charge is -2.21. The summed E-state index contributed by atoms with van der Waals surface area (Å²) in [5, 5.41) is 0. The third kappa shape index (κ3) is 2.45. The fourth-order valence-corrected chi connectivity index (χ4v) is 3.00. The Labute approximate surface area is 122 Å². The molecule has 0 bridgehead atoms. The standard InChI is InChI=1S/C19H23N/c1-14(2)15-7-10-18(11-8-15)20(3)19-12-9-16-5-4-6-17(16)13-19/h7-14H,4-6H2,1-3H3. The summed E-state index contributed by atoms with van der Waals surface area (Å²) in [7, 11) is 2.15. The number of nitrogens with zero attached hydrogens (tertiary/aromatic N) is 1. The summed E-state index contributed by atoms with van der Waals surface area (Å²) < 4.78 is 0. The van der Waals surface area contributed by atoms with E-state index in [1.54, 1.807) is 0 Å². The third-order valence-corrected chi connectivity index (χ3v) is 4.42. The minimum atomic E-state index is 0.592. The molecule has 0 amide bonds. The number of hydrogen-bond acceptors (Lipinski definition) is 1. The first kappa shape index (κ1) is 13.2. The summed E-state index contributed by atoms with van der Waals surface area (Å²) in [4.78, 5) is 2.28. The van der Waals surface area contributed by atoms with Gasteiger partial charge in [0.1, 0.15) is 0 Å². The molecule has 0 radical (unpaired) electrons. The first-order valence-electron chi connectivity index (χ1n) is 7.60. The summed E-state index contributed by atoms with van der Waals surface area (Å²) in [6.07, 6.45) is 3.80. The molecule has 2 aromatic carbocycles. The molecule has 0 saturated carbocycles. The van der Waals surface area contributed by atoms with Crippen LogP contribution in [0.2, 0.25) is 0 Å². The Hall–Kier alpha value is -1.76. The van der Waals surface area contributed by atoms with Crippen LogP contribution < -0.4 is 4.90 Å². The lowest BCUT2D eigenvalue weighted by atomic mass is 10.0. The zero-order valence-corrected chi connectivity index (χ0v) is 12.7. The Morgan fingerprint density at radius 3 is 2.20 bits per heavy atom. The van der Waals surface area contributed by atoms with E-state index in [0.29, 0.717) is 5.92 Å². The van der Waals surface area contributed by atoms with Gasteiger partial charge in [-0.3, -0.25) is 0 Å². The number of benzene rings is 2. The van der Waals surface area contributed by atoms with Crippen molar-refractivity contribution in [1.82, 2.24) is 0 Å². The first-order valence-corrected chi connectivity index (χ1v) is 7.60. The summed E-state index contributed by atoms with van der Waals surface area (Å²) in [5.41, 5.74) is 7.02. The van der Waals surface area contributed by atoms with E-state index in [0.717, 1.165) is 0 Å². The van der Waals surface area contributed by atoms with Crippen LogP contribution in [-0.4, -0.2) is 7.05 Å². The molecule has 104 valence electrons. The zero-order chi connectivity index (χ0) is 14.1. The molecule has 1 nitrogen and oxygen atoms in total. The first-order chi connectivity index (χ1) is 9.65. The van der Waals surface area contributed by atoms with E-state index in [9.17, 15) is 0 Å². The van der Waals surface area contributed by atoms with Gasteiger partial charge in [-0.15, -0.1) is 0 Å². The van der Waals surface area contributed by atoms with Gasteiger partial charge in [0, 0.05) is 18.4 Å². The SMILES string of the molecule is CC(C)c1ccc(N(C)c2ccc3c(c2)CCC3)cc1. The van der Waals surface area contributed by atoms with E-state index in [2.05, 4.69) is 68.3 Å². The van der Waals surface area contributed by atoms with Crippen LogP contribution in [0.1, 0.15) is 42.9 Å². The molecule has 0 atom stereocenters. The molecule has 1 aliphatic carbocycles. The van der Waals surface area contributed by atoms with E-state index in [1.165, 1.54) is 47.3 Å². The average molecular weight is 265 g/mol. The molecule has 0 saturated heterocycles. The van der Waals surface area contributed by atoms with Gasteiger partial charge in [0.05, 0.1) is 0 Å². The van der Waals surface area contributed by atoms with Crippen molar-refractivity contribution in [1.29, 1.82) is 0 Å². The average Bonchev–Trinajstić information content (AvgIpc) is 2.94.